The van der Waals surface area contributed by atoms with Crippen molar-refractivity contribution in [2.75, 3.05) is 0 Å². The molecular formula is C45H29EuF12NO8-. The summed E-state index contributed by atoms with van der Waals surface area (Å²) in [4.78, 5) is 45.6. The zero-order chi connectivity index (χ0) is 50.1. The SMILES string of the molecule is O=C(C=C([O-])c1ccccc1)C(F)(F)F.O=C(C=C([O-])c1ccccc1)C(F)(F)F.O=C(C=C([O-])c1ccccc1)C(F)(F)F.O=C(C=C([O-])c1ccccc1)C(F)(F)F.[Eu+3].c1ccncc1. The van der Waals surface area contributed by atoms with Crippen LogP contribution in [0.2, 0.25) is 0 Å². The van der Waals surface area contributed by atoms with Crippen molar-refractivity contribution in [3.8, 4) is 0 Å². The summed E-state index contributed by atoms with van der Waals surface area (Å²) in [5, 5.41) is 44.5. The molecule has 5 aromatic rings. The second-order valence-electron chi connectivity index (χ2n) is 12.0. The molecule has 0 unspecified atom stereocenters. The van der Waals surface area contributed by atoms with Gasteiger partial charge in [-0.15, -0.1) is 0 Å². The summed E-state index contributed by atoms with van der Waals surface area (Å²) in [6, 6.07) is 34.8. The maximum absolute atomic E-state index is 11.8. The van der Waals surface area contributed by atoms with Gasteiger partial charge in [0, 0.05) is 12.4 Å². The number of rotatable bonds is 8. The molecule has 0 spiro atoms. The first-order valence-corrected chi connectivity index (χ1v) is 17.7. The Balaban J connectivity index is 0.000000826. The van der Waals surface area contributed by atoms with Crippen molar-refractivity contribution in [2.45, 2.75) is 24.7 Å². The minimum absolute atomic E-state index is 0. The summed E-state index contributed by atoms with van der Waals surface area (Å²) in [6.45, 7) is 0. The number of hydrogen-bond acceptors (Lipinski definition) is 9. The number of carbonyl (C=O) groups is 4. The van der Waals surface area contributed by atoms with Crippen LogP contribution in [0.25, 0.3) is 23.0 Å². The van der Waals surface area contributed by atoms with Gasteiger partial charge in [-0.3, -0.25) is 24.2 Å². The largest absolute Gasteiger partial charge is 3.00 e. The van der Waals surface area contributed by atoms with Gasteiger partial charge in [-0.25, -0.2) is 0 Å². The zero-order valence-electron chi connectivity index (χ0n) is 33.4. The molecule has 5 rings (SSSR count). The molecule has 0 radical (unpaired) electrons. The van der Waals surface area contributed by atoms with E-state index in [4.69, 9.17) is 0 Å². The molecule has 0 amide bonds. The molecule has 4 aromatic carbocycles. The second kappa shape index (κ2) is 29.3. The van der Waals surface area contributed by atoms with Crippen LogP contribution in [0, 0.1) is 49.4 Å². The first-order chi connectivity index (χ1) is 30.6. The predicted octanol–water partition coefficient (Wildman–Crippen LogP) is 7.16. The molecule has 67 heavy (non-hydrogen) atoms. The minimum atomic E-state index is -5.00. The molecule has 0 saturated carbocycles. The third-order valence-electron chi connectivity index (χ3n) is 6.97. The predicted molar refractivity (Wildman–Crippen MR) is 206 cm³/mol. The van der Waals surface area contributed by atoms with Crippen molar-refractivity contribution in [3.63, 3.8) is 0 Å². The molecular weight excluding hydrogens is 1060 g/mol. The van der Waals surface area contributed by atoms with Gasteiger partial charge in [-0.1, -0.05) is 150 Å². The Morgan fingerprint density at radius 1 is 0.328 bits per heavy atom. The van der Waals surface area contributed by atoms with Gasteiger partial charge in [0.25, 0.3) is 23.1 Å². The number of allylic oxidation sites excluding steroid dienone is 4. The van der Waals surface area contributed by atoms with E-state index in [-0.39, 0.29) is 95.9 Å². The summed E-state index contributed by atoms with van der Waals surface area (Å²) in [7, 11) is 0. The van der Waals surface area contributed by atoms with Crippen LogP contribution in [0.1, 0.15) is 22.3 Å². The van der Waals surface area contributed by atoms with E-state index in [0.29, 0.717) is 0 Å². The number of halogens is 12. The fourth-order valence-electron chi connectivity index (χ4n) is 3.86. The smallest absolute Gasteiger partial charge is 0.872 e. The van der Waals surface area contributed by atoms with Gasteiger partial charge in [0.15, 0.2) is 0 Å². The van der Waals surface area contributed by atoms with Crippen molar-refractivity contribution >= 4 is 46.2 Å². The Hall–Kier alpha value is -6.39. The van der Waals surface area contributed by atoms with Gasteiger partial charge in [-0.05, 0) is 58.7 Å². The Morgan fingerprint density at radius 3 is 0.612 bits per heavy atom. The van der Waals surface area contributed by atoms with E-state index in [9.17, 15) is 92.3 Å². The molecule has 0 aliphatic carbocycles. The first kappa shape index (κ1) is 60.6. The van der Waals surface area contributed by atoms with Crippen molar-refractivity contribution in [2.24, 2.45) is 0 Å². The minimum Gasteiger partial charge on any atom is -0.872 e. The van der Waals surface area contributed by atoms with Gasteiger partial charge in [0.1, 0.15) is 0 Å². The Bertz CT molecular complexity index is 2070. The topological polar surface area (TPSA) is 173 Å². The van der Waals surface area contributed by atoms with E-state index >= 15 is 0 Å². The van der Waals surface area contributed by atoms with E-state index in [1.165, 1.54) is 97.1 Å². The number of pyridine rings is 1. The molecule has 1 heterocycles. The number of aromatic nitrogens is 1. The van der Waals surface area contributed by atoms with E-state index in [2.05, 4.69) is 4.98 Å². The summed E-state index contributed by atoms with van der Waals surface area (Å²) in [5.74, 6) is -12.4. The average molecular weight is 1090 g/mol. The molecule has 22 heteroatoms. The van der Waals surface area contributed by atoms with Crippen LogP contribution < -0.4 is 20.4 Å². The van der Waals surface area contributed by atoms with Crippen LogP contribution in [0.3, 0.4) is 0 Å². The standard InChI is InChI=1S/4C10H7F3O2.C5H5N.Eu/c4*11-10(12,13)9(15)6-8(14)7-4-2-1-3-5-7;1-2-4-6-5-3-1;/h4*1-6,14H;1-5H;/q;;;;;+3/p-4. The maximum atomic E-state index is 11.8. The van der Waals surface area contributed by atoms with Gasteiger partial charge in [0.05, 0.1) is 0 Å². The molecule has 0 saturated heterocycles. The van der Waals surface area contributed by atoms with E-state index < -0.39 is 70.9 Å². The zero-order valence-corrected chi connectivity index (χ0v) is 35.8. The molecule has 0 fully saturated rings. The summed E-state index contributed by atoms with van der Waals surface area (Å²) in [5.41, 5.74) is 0.204. The summed E-state index contributed by atoms with van der Waals surface area (Å²) in [6.07, 6.45) is -16.3. The number of alkyl halides is 12. The van der Waals surface area contributed by atoms with Crippen LogP contribution >= 0.6 is 0 Å². The number of ketones is 4. The summed E-state index contributed by atoms with van der Waals surface area (Å²) < 4.78 is 142. The van der Waals surface area contributed by atoms with Crippen LogP contribution in [-0.2, 0) is 19.2 Å². The van der Waals surface area contributed by atoms with E-state index in [0.717, 1.165) is 0 Å². The average Bonchev–Trinajstić information content (AvgIpc) is 3.27. The van der Waals surface area contributed by atoms with E-state index in [1.807, 2.05) is 18.2 Å². The molecule has 0 N–H and O–H groups in total. The molecule has 0 aliphatic heterocycles. The van der Waals surface area contributed by atoms with Crippen LogP contribution in [0.4, 0.5) is 52.7 Å². The fourth-order valence-corrected chi connectivity index (χ4v) is 3.86. The van der Waals surface area contributed by atoms with Gasteiger partial charge in [0.2, 0.25) is 0 Å². The Kier molecular flexibility index (Phi) is 26.5. The molecule has 0 atom stereocenters. The number of carbonyl (C=O) groups excluding carboxylic acids is 4. The van der Waals surface area contributed by atoms with Gasteiger partial charge in [-0.2, -0.15) is 52.7 Å². The Labute approximate surface area is 413 Å². The first-order valence-electron chi connectivity index (χ1n) is 17.7. The molecule has 0 aliphatic rings. The second-order valence-corrected chi connectivity index (χ2v) is 12.0. The monoisotopic (exact) mass is 1090 g/mol. The molecule has 0 bridgehead atoms. The molecule has 9 nitrogen and oxygen atoms in total. The van der Waals surface area contributed by atoms with Crippen molar-refractivity contribution in [1.82, 2.24) is 4.98 Å². The van der Waals surface area contributed by atoms with Crippen molar-refractivity contribution in [3.05, 3.63) is 198 Å². The quantitative estimate of drug-likeness (QED) is 0.0888. The van der Waals surface area contributed by atoms with E-state index in [1.54, 1.807) is 36.7 Å². The van der Waals surface area contributed by atoms with Gasteiger partial charge >= 0.3 is 74.1 Å². The Morgan fingerprint density at radius 2 is 0.493 bits per heavy atom. The van der Waals surface area contributed by atoms with Crippen LogP contribution in [-0.4, -0.2) is 52.8 Å². The fraction of sp³-hybridized carbons (Fsp3) is 0.0889. The normalized spacial score (nSPS) is 12.0. The number of nitrogens with zero attached hydrogens (tertiary/aromatic N) is 1. The third kappa shape index (κ3) is 25.8. The number of benzene rings is 4. The molecule has 354 valence electrons. The van der Waals surface area contributed by atoms with Gasteiger partial charge < -0.3 is 20.4 Å². The van der Waals surface area contributed by atoms with Crippen molar-refractivity contribution in [1.29, 1.82) is 0 Å². The number of hydrogen-bond donors (Lipinski definition) is 0. The van der Waals surface area contributed by atoms with Crippen LogP contribution in [0.15, 0.2) is 176 Å². The summed E-state index contributed by atoms with van der Waals surface area (Å²) >= 11 is 0. The van der Waals surface area contributed by atoms with Crippen molar-refractivity contribution < 1.29 is 142 Å². The third-order valence-corrected chi connectivity index (χ3v) is 6.97. The molecule has 1 aromatic heterocycles. The maximum Gasteiger partial charge on any atom is 3.00 e. The van der Waals surface area contributed by atoms with Crippen LogP contribution in [0.5, 0.6) is 0 Å².